The number of hydrogen-bond acceptors (Lipinski definition) is 0. The van der Waals surface area contributed by atoms with Gasteiger partial charge in [-0.2, -0.15) is 4.57 Å². The van der Waals surface area contributed by atoms with Gasteiger partial charge in [0.2, 0.25) is 0 Å². The molecule has 178 valence electrons. The summed E-state index contributed by atoms with van der Waals surface area (Å²) < 4.78 is 7.49. The monoisotopic (exact) mass is 470 g/mol. The molecule has 3 nitrogen and oxygen atoms in total. The SMILES string of the molecule is CC(C)c1cc2c(c(C(C)C)c1-n1c3[n+](c4ccccc41)Cc1ccccc1-3)c1ccccc1n2C. The molecule has 0 N–H and O–H groups in total. The Kier molecular flexibility index (Phi) is 4.51. The number of fused-ring (bicyclic) bond motifs is 8. The van der Waals surface area contributed by atoms with Crippen LogP contribution in [0.15, 0.2) is 78.9 Å². The van der Waals surface area contributed by atoms with E-state index in [2.05, 4.69) is 127 Å². The molecule has 4 aromatic carbocycles. The zero-order valence-corrected chi connectivity index (χ0v) is 21.7. The summed E-state index contributed by atoms with van der Waals surface area (Å²) in [5.41, 5.74) is 12.2. The Morgan fingerprint density at radius 2 is 1.44 bits per heavy atom. The second-order valence-electron chi connectivity index (χ2n) is 10.9. The predicted molar refractivity (Wildman–Crippen MR) is 150 cm³/mol. The molecule has 3 heteroatoms. The van der Waals surface area contributed by atoms with Gasteiger partial charge in [-0.05, 0) is 42.2 Å². The van der Waals surface area contributed by atoms with Gasteiger partial charge in [-0.15, -0.1) is 0 Å². The molecule has 0 saturated carbocycles. The van der Waals surface area contributed by atoms with Crippen molar-refractivity contribution in [2.75, 3.05) is 0 Å². The highest BCUT2D eigenvalue weighted by Crippen LogP contribution is 2.44. The van der Waals surface area contributed by atoms with Crippen LogP contribution in [-0.4, -0.2) is 9.13 Å². The Morgan fingerprint density at radius 3 is 2.22 bits per heavy atom. The lowest BCUT2D eigenvalue weighted by molar-refractivity contribution is -0.645. The molecule has 0 radical (unpaired) electrons. The Bertz CT molecular complexity index is 1830. The molecular formula is C33H32N3+. The zero-order chi connectivity index (χ0) is 24.7. The summed E-state index contributed by atoms with van der Waals surface area (Å²) in [5.74, 6) is 2.05. The quantitative estimate of drug-likeness (QED) is 0.234. The first-order valence-electron chi connectivity index (χ1n) is 13.1. The van der Waals surface area contributed by atoms with Gasteiger partial charge in [0.15, 0.2) is 11.0 Å². The lowest BCUT2D eigenvalue weighted by Crippen LogP contribution is -2.31. The van der Waals surface area contributed by atoms with Gasteiger partial charge >= 0.3 is 0 Å². The van der Waals surface area contributed by atoms with Gasteiger partial charge in [0.05, 0.1) is 5.56 Å². The van der Waals surface area contributed by atoms with Crippen molar-refractivity contribution in [2.24, 2.45) is 7.05 Å². The number of rotatable bonds is 3. The van der Waals surface area contributed by atoms with E-state index in [1.54, 1.807) is 0 Å². The molecule has 1 aliphatic rings. The molecule has 0 saturated heterocycles. The van der Waals surface area contributed by atoms with Crippen LogP contribution in [0.3, 0.4) is 0 Å². The summed E-state index contributed by atoms with van der Waals surface area (Å²) in [5, 5.41) is 2.74. The molecule has 0 fully saturated rings. The van der Waals surface area contributed by atoms with Gasteiger partial charge in [-0.1, -0.05) is 76.2 Å². The van der Waals surface area contributed by atoms with Crippen LogP contribution in [0.1, 0.15) is 56.2 Å². The van der Waals surface area contributed by atoms with Crippen molar-refractivity contribution >= 4 is 32.8 Å². The number of para-hydroxylation sites is 3. The van der Waals surface area contributed by atoms with Crippen molar-refractivity contribution in [3.05, 3.63) is 95.6 Å². The molecule has 6 aromatic rings. The van der Waals surface area contributed by atoms with Crippen molar-refractivity contribution in [3.8, 4) is 17.1 Å². The number of imidazole rings is 1. The van der Waals surface area contributed by atoms with Crippen molar-refractivity contribution < 1.29 is 4.57 Å². The Hall–Kier alpha value is -3.85. The predicted octanol–water partition coefficient (Wildman–Crippen LogP) is 7.84. The molecule has 0 atom stereocenters. The molecule has 0 unspecified atom stereocenters. The van der Waals surface area contributed by atoms with Gasteiger partial charge in [0.1, 0.15) is 12.2 Å². The minimum absolute atomic E-state index is 0.366. The average molecular weight is 471 g/mol. The van der Waals surface area contributed by atoms with E-state index in [4.69, 9.17) is 0 Å². The van der Waals surface area contributed by atoms with Crippen molar-refractivity contribution in [3.63, 3.8) is 0 Å². The van der Waals surface area contributed by atoms with Gasteiger partial charge in [0.25, 0.3) is 5.82 Å². The van der Waals surface area contributed by atoms with Gasteiger partial charge < -0.3 is 4.57 Å². The minimum Gasteiger partial charge on any atom is -0.344 e. The van der Waals surface area contributed by atoms with Crippen LogP contribution >= 0.6 is 0 Å². The first kappa shape index (κ1) is 21.4. The standard InChI is InChI=1S/C33H32N3/c1-20(2)25-18-29-31(24-14-8-9-15-26(24)34(29)5)30(21(3)4)32(25)36-28-17-11-10-16-27(28)35-19-22-12-6-7-13-23(22)33(35)36/h6-18,20-21H,19H2,1-5H3/q+1. The fraction of sp³-hybridized carbons (Fsp3) is 0.242. The van der Waals surface area contributed by atoms with Gasteiger partial charge in [0, 0.05) is 45.5 Å². The third kappa shape index (κ3) is 2.71. The van der Waals surface area contributed by atoms with Crippen LogP contribution in [0.5, 0.6) is 0 Å². The molecule has 0 bridgehead atoms. The third-order valence-electron chi connectivity index (χ3n) is 8.13. The highest BCUT2D eigenvalue weighted by Gasteiger charge is 2.37. The maximum Gasteiger partial charge on any atom is 0.295 e. The van der Waals surface area contributed by atoms with Crippen LogP contribution in [0.4, 0.5) is 0 Å². The lowest BCUT2D eigenvalue weighted by atomic mass is 9.88. The summed E-state index contributed by atoms with van der Waals surface area (Å²) in [6.07, 6.45) is 0. The number of aromatic nitrogens is 3. The maximum atomic E-state index is 2.59. The Morgan fingerprint density at radius 1 is 0.750 bits per heavy atom. The van der Waals surface area contributed by atoms with E-state index >= 15 is 0 Å². The Labute approximate surface area is 212 Å². The molecule has 3 heterocycles. The van der Waals surface area contributed by atoms with Crippen LogP contribution in [0, 0.1) is 0 Å². The normalized spacial score (nSPS) is 13.0. The molecule has 0 amide bonds. The third-order valence-corrected chi connectivity index (χ3v) is 8.13. The molecule has 0 aliphatic carbocycles. The van der Waals surface area contributed by atoms with Crippen molar-refractivity contribution in [1.29, 1.82) is 0 Å². The molecular weight excluding hydrogens is 438 g/mol. The number of aryl methyl sites for hydroxylation is 1. The molecule has 7 rings (SSSR count). The van der Waals surface area contributed by atoms with E-state index in [-0.39, 0.29) is 0 Å². The fourth-order valence-corrected chi connectivity index (χ4v) is 6.54. The highest BCUT2D eigenvalue weighted by atomic mass is 15.2. The lowest BCUT2D eigenvalue weighted by Gasteiger charge is -2.20. The molecule has 0 spiro atoms. The second kappa shape index (κ2) is 7.57. The molecule has 1 aliphatic heterocycles. The van der Waals surface area contributed by atoms with Gasteiger partial charge in [-0.25, -0.2) is 4.57 Å². The van der Waals surface area contributed by atoms with Crippen LogP contribution < -0.4 is 4.57 Å². The van der Waals surface area contributed by atoms with E-state index in [9.17, 15) is 0 Å². The largest absolute Gasteiger partial charge is 0.344 e. The first-order chi connectivity index (χ1) is 17.5. The fourth-order valence-electron chi connectivity index (χ4n) is 6.54. The van der Waals surface area contributed by atoms with Gasteiger partial charge in [-0.3, -0.25) is 0 Å². The summed E-state index contributed by atoms with van der Waals surface area (Å²) in [7, 11) is 2.22. The van der Waals surface area contributed by atoms with Crippen molar-refractivity contribution in [1.82, 2.24) is 9.13 Å². The van der Waals surface area contributed by atoms with Crippen LogP contribution in [0.2, 0.25) is 0 Å². The second-order valence-corrected chi connectivity index (χ2v) is 10.9. The molecule has 2 aromatic heterocycles. The number of hydrogen-bond donors (Lipinski definition) is 0. The summed E-state index contributed by atoms with van der Waals surface area (Å²) in [6, 6.07) is 29.2. The zero-order valence-electron chi connectivity index (χ0n) is 21.7. The smallest absolute Gasteiger partial charge is 0.295 e. The molecule has 36 heavy (non-hydrogen) atoms. The Balaban J connectivity index is 1.74. The summed E-state index contributed by atoms with van der Waals surface area (Å²) in [4.78, 5) is 0. The first-order valence-corrected chi connectivity index (χ1v) is 13.1. The maximum absolute atomic E-state index is 2.59. The average Bonchev–Trinajstić information content (AvgIpc) is 3.50. The van der Waals surface area contributed by atoms with Crippen molar-refractivity contribution in [2.45, 2.75) is 46.1 Å². The summed E-state index contributed by atoms with van der Waals surface area (Å²) in [6.45, 7) is 10.3. The van der Waals surface area contributed by atoms with Crippen LogP contribution in [-0.2, 0) is 13.6 Å². The number of nitrogens with zero attached hydrogens (tertiary/aromatic N) is 3. The highest BCUT2D eigenvalue weighted by molar-refractivity contribution is 6.11. The van der Waals surface area contributed by atoms with Crippen LogP contribution in [0.25, 0.3) is 49.9 Å². The topological polar surface area (TPSA) is 13.7 Å². The van der Waals surface area contributed by atoms with E-state index < -0.39 is 0 Å². The summed E-state index contributed by atoms with van der Waals surface area (Å²) >= 11 is 0. The van der Waals surface area contributed by atoms with E-state index in [0.29, 0.717) is 11.8 Å². The van der Waals surface area contributed by atoms with E-state index in [0.717, 1.165) is 6.54 Å². The number of benzene rings is 4. The van der Waals surface area contributed by atoms with E-state index in [1.807, 2.05) is 0 Å². The van der Waals surface area contributed by atoms with E-state index in [1.165, 1.54) is 66.6 Å². The minimum atomic E-state index is 0.366.